The number of benzene rings is 1. The fourth-order valence-corrected chi connectivity index (χ4v) is 2.53. The fraction of sp³-hybridized carbons (Fsp3) is 0.143. The van der Waals surface area contributed by atoms with Crippen molar-refractivity contribution >= 4 is 39.2 Å². The first-order chi connectivity index (χ1) is 12.4. The summed E-state index contributed by atoms with van der Waals surface area (Å²) in [6.45, 7) is -0.979. The Morgan fingerprint density at radius 3 is 2.44 bits per heavy atom. The smallest absolute Gasteiger partial charge is 0.418 e. The van der Waals surface area contributed by atoms with Gasteiger partial charge in [-0.15, -0.1) is 0 Å². The van der Waals surface area contributed by atoms with E-state index in [-0.39, 0.29) is 5.02 Å². The number of nitrogens with two attached hydrogens (primary N) is 1. The number of furan rings is 1. The number of halogens is 4. The van der Waals surface area contributed by atoms with Gasteiger partial charge in [-0.1, -0.05) is 17.7 Å². The van der Waals surface area contributed by atoms with Gasteiger partial charge in [-0.05, 0) is 24.3 Å². The van der Waals surface area contributed by atoms with Crippen LogP contribution in [0.15, 0.2) is 39.8 Å². The molecule has 0 atom stereocenters. The van der Waals surface area contributed by atoms with Gasteiger partial charge in [0, 0.05) is 0 Å². The van der Waals surface area contributed by atoms with E-state index < -0.39 is 56.8 Å². The summed E-state index contributed by atoms with van der Waals surface area (Å²) in [6, 6.07) is 4.74. The number of primary sulfonamides is 1. The SMILES string of the molecule is NS(=O)(=O)c1ccc(C(=O)OCC(=O)Nc2c(Cl)cccc2C(F)(F)F)o1. The van der Waals surface area contributed by atoms with Crippen molar-refractivity contribution in [1.29, 1.82) is 0 Å². The predicted molar refractivity (Wildman–Crippen MR) is 85.4 cm³/mol. The van der Waals surface area contributed by atoms with Gasteiger partial charge in [0.25, 0.3) is 15.9 Å². The average molecular weight is 427 g/mol. The summed E-state index contributed by atoms with van der Waals surface area (Å²) in [4.78, 5) is 23.5. The van der Waals surface area contributed by atoms with E-state index in [1.807, 2.05) is 5.32 Å². The number of anilines is 1. The molecule has 3 N–H and O–H groups in total. The minimum absolute atomic E-state index is 0.367. The van der Waals surface area contributed by atoms with E-state index in [2.05, 4.69) is 9.15 Å². The molecule has 0 radical (unpaired) electrons. The number of ether oxygens (including phenoxy) is 1. The monoisotopic (exact) mass is 426 g/mol. The number of amides is 1. The largest absolute Gasteiger partial charge is 0.450 e. The molecule has 1 heterocycles. The summed E-state index contributed by atoms with van der Waals surface area (Å²) < 4.78 is 70.1. The molecule has 0 fully saturated rings. The fourth-order valence-electron chi connectivity index (χ4n) is 1.85. The zero-order valence-corrected chi connectivity index (χ0v) is 14.6. The van der Waals surface area contributed by atoms with Gasteiger partial charge in [0.15, 0.2) is 6.61 Å². The molecule has 13 heteroatoms. The van der Waals surface area contributed by atoms with Crippen LogP contribution in [0.3, 0.4) is 0 Å². The summed E-state index contributed by atoms with van der Waals surface area (Å²) >= 11 is 5.68. The minimum Gasteiger partial charge on any atom is -0.450 e. The second-order valence-electron chi connectivity index (χ2n) is 4.95. The summed E-state index contributed by atoms with van der Waals surface area (Å²) in [7, 11) is -4.19. The first-order valence-corrected chi connectivity index (χ1v) is 8.77. The van der Waals surface area contributed by atoms with Crippen LogP contribution in [0.4, 0.5) is 18.9 Å². The van der Waals surface area contributed by atoms with Gasteiger partial charge in [-0.25, -0.2) is 18.4 Å². The zero-order chi connectivity index (χ0) is 20.4. The molecule has 1 aromatic heterocycles. The van der Waals surface area contributed by atoms with E-state index in [9.17, 15) is 31.2 Å². The molecule has 0 aliphatic rings. The van der Waals surface area contributed by atoms with Crippen LogP contribution in [0.25, 0.3) is 0 Å². The van der Waals surface area contributed by atoms with Gasteiger partial charge in [0.05, 0.1) is 16.3 Å². The Labute approximate surface area is 155 Å². The minimum atomic E-state index is -4.78. The molecule has 2 aromatic rings. The molecule has 27 heavy (non-hydrogen) atoms. The number of hydrogen-bond acceptors (Lipinski definition) is 6. The van der Waals surface area contributed by atoms with Crippen LogP contribution >= 0.6 is 11.6 Å². The van der Waals surface area contributed by atoms with E-state index in [0.717, 1.165) is 24.3 Å². The molecule has 0 aliphatic carbocycles. The second kappa shape index (κ2) is 7.58. The first kappa shape index (κ1) is 20.7. The number of nitrogens with one attached hydrogen (secondary N) is 1. The number of esters is 1. The highest BCUT2D eigenvalue weighted by Gasteiger charge is 2.34. The Balaban J connectivity index is 2.05. The lowest BCUT2D eigenvalue weighted by Gasteiger charge is -2.15. The Hall–Kier alpha value is -2.57. The Morgan fingerprint density at radius 1 is 1.22 bits per heavy atom. The Morgan fingerprint density at radius 2 is 1.89 bits per heavy atom. The van der Waals surface area contributed by atoms with E-state index in [1.165, 1.54) is 0 Å². The first-order valence-electron chi connectivity index (χ1n) is 6.85. The van der Waals surface area contributed by atoms with Crippen molar-refractivity contribution in [3.63, 3.8) is 0 Å². The van der Waals surface area contributed by atoms with Crippen molar-refractivity contribution in [3.8, 4) is 0 Å². The second-order valence-corrected chi connectivity index (χ2v) is 6.85. The number of carbonyl (C=O) groups excluding carboxylic acids is 2. The average Bonchev–Trinajstić information content (AvgIpc) is 3.04. The molecule has 1 amide bonds. The molecule has 0 spiro atoms. The van der Waals surface area contributed by atoms with Crippen LogP contribution in [0.5, 0.6) is 0 Å². The third kappa shape index (κ3) is 5.21. The van der Waals surface area contributed by atoms with Crippen LogP contribution in [-0.2, 0) is 25.7 Å². The lowest BCUT2D eigenvalue weighted by atomic mass is 10.1. The maximum Gasteiger partial charge on any atom is 0.418 e. The lowest BCUT2D eigenvalue weighted by Crippen LogP contribution is -2.23. The molecule has 2 rings (SSSR count). The molecule has 1 aromatic carbocycles. The van der Waals surface area contributed by atoms with E-state index in [4.69, 9.17) is 16.7 Å². The molecular weight excluding hydrogens is 417 g/mol. The summed E-state index contributed by atoms with van der Waals surface area (Å²) in [6.07, 6.45) is -4.78. The van der Waals surface area contributed by atoms with Crippen LogP contribution < -0.4 is 10.5 Å². The van der Waals surface area contributed by atoms with Crippen LogP contribution in [0, 0.1) is 0 Å². The number of hydrogen-bond donors (Lipinski definition) is 2. The number of alkyl halides is 3. The van der Waals surface area contributed by atoms with Crippen molar-refractivity contribution in [3.05, 3.63) is 46.7 Å². The maximum absolute atomic E-state index is 12.9. The zero-order valence-electron chi connectivity index (χ0n) is 13.0. The molecule has 8 nitrogen and oxygen atoms in total. The highest BCUT2D eigenvalue weighted by atomic mass is 35.5. The standard InChI is InChI=1S/C14H10ClF3N2O6S/c15-8-3-1-2-7(14(16,17)18)12(8)20-10(21)6-25-13(22)9-4-5-11(26-9)27(19,23)24/h1-5H,6H2,(H,20,21)(H2,19,23,24). The summed E-state index contributed by atoms with van der Waals surface area (Å²) in [5, 5.41) is 5.64. The third-order valence-corrected chi connectivity index (χ3v) is 4.08. The normalized spacial score (nSPS) is 11.9. The van der Waals surface area contributed by atoms with Crippen LogP contribution in [-0.4, -0.2) is 26.9 Å². The van der Waals surface area contributed by atoms with Gasteiger partial charge in [-0.3, -0.25) is 4.79 Å². The Bertz CT molecular complexity index is 987. The quantitative estimate of drug-likeness (QED) is 0.706. The predicted octanol–water partition coefficient (Wildman–Crippen LogP) is 2.39. The van der Waals surface area contributed by atoms with E-state index >= 15 is 0 Å². The molecular formula is C14H10ClF3N2O6S. The summed E-state index contributed by atoms with van der Waals surface area (Å²) in [5.41, 5.74) is -1.87. The summed E-state index contributed by atoms with van der Waals surface area (Å²) in [5.74, 6) is -2.91. The van der Waals surface area contributed by atoms with Crippen molar-refractivity contribution in [1.82, 2.24) is 0 Å². The van der Waals surface area contributed by atoms with Gasteiger partial charge >= 0.3 is 12.1 Å². The van der Waals surface area contributed by atoms with Gasteiger partial charge in [0.1, 0.15) is 0 Å². The molecule has 146 valence electrons. The number of carbonyl (C=O) groups is 2. The van der Waals surface area contributed by atoms with Gasteiger partial charge in [0.2, 0.25) is 10.9 Å². The van der Waals surface area contributed by atoms with E-state index in [0.29, 0.717) is 6.07 Å². The molecule has 0 unspecified atom stereocenters. The third-order valence-electron chi connectivity index (χ3n) is 2.98. The van der Waals surface area contributed by atoms with Crippen molar-refractivity contribution in [2.45, 2.75) is 11.3 Å². The van der Waals surface area contributed by atoms with Crippen molar-refractivity contribution < 1.29 is 40.3 Å². The van der Waals surface area contributed by atoms with Gasteiger partial charge in [-0.2, -0.15) is 13.2 Å². The molecule has 0 saturated carbocycles. The number of sulfonamides is 1. The van der Waals surface area contributed by atoms with Crippen LogP contribution in [0.1, 0.15) is 16.1 Å². The number of rotatable bonds is 5. The maximum atomic E-state index is 12.9. The van der Waals surface area contributed by atoms with Crippen molar-refractivity contribution in [2.24, 2.45) is 5.14 Å². The topological polar surface area (TPSA) is 129 Å². The molecule has 0 bridgehead atoms. The number of para-hydroxylation sites is 1. The highest BCUT2D eigenvalue weighted by Crippen LogP contribution is 2.38. The van der Waals surface area contributed by atoms with E-state index in [1.54, 1.807) is 0 Å². The van der Waals surface area contributed by atoms with Crippen LogP contribution in [0.2, 0.25) is 5.02 Å². The molecule has 0 saturated heterocycles. The highest BCUT2D eigenvalue weighted by molar-refractivity contribution is 7.89. The van der Waals surface area contributed by atoms with Gasteiger partial charge < -0.3 is 14.5 Å². The Kier molecular flexibility index (Phi) is 5.82. The molecule has 0 aliphatic heterocycles. The lowest BCUT2D eigenvalue weighted by molar-refractivity contribution is -0.137. The van der Waals surface area contributed by atoms with Crippen molar-refractivity contribution in [2.75, 3.05) is 11.9 Å².